The smallest absolute Gasteiger partial charge is 0.280 e. The van der Waals surface area contributed by atoms with Gasteiger partial charge in [0.25, 0.3) is 5.97 Å². The molecule has 14 heavy (non-hydrogen) atoms. The van der Waals surface area contributed by atoms with E-state index in [1.165, 1.54) is 0 Å². The maximum Gasteiger partial charge on any atom is 0.280 e. The van der Waals surface area contributed by atoms with E-state index in [0.717, 1.165) is 12.8 Å². The topological polar surface area (TPSA) is 58.9 Å². The minimum absolute atomic E-state index is 0.156. The van der Waals surface area contributed by atoms with Crippen LogP contribution in [0.25, 0.3) is 0 Å². The Kier molecular flexibility index (Phi) is 8.08. The predicted molar refractivity (Wildman–Crippen MR) is 53.8 cm³/mol. The van der Waals surface area contributed by atoms with E-state index in [0.29, 0.717) is 26.1 Å². The molecule has 0 amide bonds. The van der Waals surface area contributed by atoms with Gasteiger partial charge in [-0.1, -0.05) is 13.8 Å². The van der Waals surface area contributed by atoms with Crippen molar-refractivity contribution in [3.63, 3.8) is 0 Å². The lowest BCUT2D eigenvalue weighted by atomic mass is 10.3. The zero-order valence-corrected chi connectivity index (χ0v) is 9.16. The summed E-state index contributed by atoms with van der Waals surface area (Å²) >= 11 is 0. The van der Waals surface area contributed by atoms with Gasteiger partial charge in [0.15, 0.2) is 0 Å². The Morgan fingerprint density at radius 2 is 1.71 bits per heavy atom. The van der Waals surface area contributed by atoms with Crippen LogP contribution in [0.15, 0.2) is 0 Å². The lowest BCUT2D eigenvalue weighted by molar-refractivity contribution is -0.361. The monoisotopic (exact) mass is 206 g/mol. The van der Waals surface area contributed by atoms with Crippen molar-refractivity contribution in [2.24, 2.45) is 0 Å². The molecule has 0 bridgehead atoms. The molecule has 0 aromatic heterocycles. The summed E-state index contributed by atoms with van der Waals surface area (Å²) in [5.41, 5.74) is 0. The average molecular weight is 206 g/mol. The fourth-order valence-electron chi connectivity index (χ4n) is 0.953. The van der Waals surface area contributed by atoms with Crippen LogP contribution in [0.3, 0.4) is 0 Å². The summed E-state index contributed by atoms with van der Waals surface area (Å²) in [4.78, 5) is 0. The first kappa shape index (κ1) is 13.8. The van der Waals surface area contributed by atoms with E-state index in [1.54, 1.807) is 0 Å². The normalized spacial score (nSPS) is 15.4. The number of hydrogen-bond donors (Lipinski definition) is 2. The Morgan fingerprint density at radius 1 is 1.07 bits per heavy atom. The molecule has 0 saturated heterocycles. The Morgan fingerprint density at radius 3 is 2.21 bits per heavy atom. The molecule has 1 unspecified atom stereocenters. The Labute approximate surface area is 85.8 Å². The summed E-state index contributed by atoms with van der Waals surface area (Å²) < 4.78 is 10.4. The molecule has 0 aliphatic carbocycles. The molecule has 0 aliphatic rings. The lowest BCUT2D eigenvalue weighted by Gasteiger charge is -2.26. The van der Waals surface area contributed by atoms with Crippen molar-refractivity contribution in [1.82, 2.24) is 0 Å². The van der Waals surface area contributed by atoms with E-state index in [4.69, 9.17) is 14.6 Å². The molecule has 1 atom stereocenters. The van der Waals surface area contributed by atoms with E-state index in [9.17, 15) is 5.11 Å². The third-order valence-electron chi connectivity index (χ3n) is 1.86. The number of unbranched alkanes of at least 4 members (excludes halogenated alkanes) is 1. The van der Waals surface area contributed by atoms with Gasteiger partial charge in [-0.15, -0.1) is 0 Å². The summed E-state index contributed by atoms with van der Waals surface area (Å²) in [6.07, 6.45) is 2.68. The molecule has 4 nitrogen and oxygen atoms in total. The van der Waals surface area contributed by atoms with Crippen molar-refractivity contribution in [2.75, 3.05) is 19.8 Å². The number of rotatable bonds is 9. The van der Waals surface area contributed by atoms with Gasteiger partial charge in [-0.25, -0.2) is 0 Å². The van der Waals surface area contributed by atoms with E-state index in [-0.39, 0.29) is 6.61 Å². The molecule has 2 N–H and O–H groups in total. The molecular formula is C10H22O4. The fraction of sp³-hybridized carbons (Fsp3) is 1.00. The second-order valence-corrected chi connectivity index (χ2v) is 3.19. The molecule has 0 spiro atoms. The molecule has 0 fully saturated rings. The maximum absolute atomic E-state index is 9.74. The first-order valence-electron chi connectivity index (χ1n) is 5.29. The van der Waals surface area contributed by atoms with Gasteiger partial charge in [-0.05, 0) is 19.3 Å². The first-order valence-corrected chi connectivity index (χ1v) is 5.29. The zero-order chi connectivity index (χ0) is 10.9. The lowest BCUT2D eigenvalue weighted by Crippen LogP contribution is -2.35. The number of aliphatic hydroxyl groups is 2. The summed E-state index contributed by atoms with van der Waals surface area (Å²) in [6, 6.07) is 0. The molecule has 0 aromatic rings. The van der Waals surface area contributed by atoms with E-state index < -0.39 is 5.97 Å². The van der Waals surface area contributed by atoms with Gasteiger partial charge in [0.2, 0.25) is 0 Å². The van der Waals surface area contributed by atoms with Crippen molar-refractivity contribution < 1.29 is 19.7 Å². The summed E-state index contributed by atoms with van der Waals surface area (Å²) in [6.45, 7) is 4.84. The van der Waals surface area contributed by atoms with E-state index >= 15 is 0 Å². The van der Waals surface area contributed by atoms with Crippen LogP contribution in [-0.4, -0.2) is 36.0 Å². The molecule has 0 aromatic carbocycles. The summed E-state index contributed by atoms with van der Waals surface area (Å²) in [7, 11) is 0. The largest absolute Gasteiger partial charge is 0.396 e. The highest BCUT2D eigenvalue weighted by Crippen LogP contribution is 2.14. The maximum atomic E-state index is 9.74. The predicted octanol–water partition coefficient (Wildman–Crippen LogP) is 1.26. The molecule has 0 rings (SSSR count). The van der Waals surface area contributed by atoms with Gasteiger partial charge in [0, 0.05) is 13.0 Å². The second kappa shape index (κ2) is 8.17. The van der Waals surface area contributed by atoms with Crippen LogP contribution in [0.2, 0.25) is 0 Å². The highest BCUT2D eigenvalue weighted by molar-refractivity contribution is 4.51. The number of hydrogen-bond acceptors (Lipinski definition) is 4. The summed E-state index contributed by atoms with van der Waals surface area (Å²) in [5, 5.41) is 18.3. The van der Waals surface area contributed by atoms with Crippen molar-refractivity contribution >= 4 is 0 Å². The van der Waals surface area contributed by atoms with Crippen molar-refractivity contribution in [1.29, 1.82) is 0 Å². The molecule has 0 saturated carbocycles. The molecule has 0 aliphatic heterocycles. The van der Waals surface area contributed by atoms with Crippen LogP contribution in [-0.2, 0) is 9.47 Å². The van der Waals surface area contributed by atoms with Crippen LogP contribution in [0, 0.1) is 0 Å². The van der Waals surface area contributed by atoms with Gasteiger partial charge >= 0.3 is 0 Å². The molecular weight excluding hydrogens is 184 g/mol. The van der Waals surface area contributed by atoms with Crippen LogP contribution < -0.4 is 0 Å². The number of aliphatic hydroxyl groups excluding tert-OH is 1. The standard InChI is InChI=1S/C10H22O4/c1-3-8-13-10(12,4-2)14-9-6-5-7-11/h11-12H,3-9H2,1-2H3. The van der Waals surface area contributed by atoms with Gasteiger partial charge in [0.1, 0.15) is 0 Å². The third-order valence-corrected chi connectivity index (χ3v) is 1.86. The fourth-order valence-corrected chi connectivity index (χ4v) is 0.953. The van der Waals surface area contributed by atoms with Crippen LogP contribution in [0.1, 0.15) is 39.5 Å². The zero-order valence-electron chi connectivity index (χ0n) is 9.16. The van der Waals surface area contributed by atoms with Gasteiger partial charge in [0.05, 0.1) is 13.2 Å². The highest BCUT2D eigenvalue weighted by Gasteiger charge is 2.25. The number of ether oxygens (including phenoxy) is 2. The van der Waals surface area contributed by atoms with Crippen LogP contribution >= 0.6 is 0 Å². The van der Waals surface area contributed by atoms with Crippen molar-refractivity contribution in [3.05, 3.63) is 0 Å². The Balaban J connectivity index is 3.63. The Hall–Kier alpha value is -0.160. The van der Waals surface area contributed by atoms with Gasteiger partial charge in [-0.3, -0.25) is 0 Å². The van der Waals surface area contributed by atoms with Crippen LogP contribution in [0.4, 0.5) is 0 Å². The quantitative estimate of drug-likeness (QED) is 0.440. The van der Waals surface area contributed by atoms with Crippen molar-refractivity contribution in [2.45, 2.75) is 45.5 Å². The first-order chi connectivity index (χ1) is 6.68. The van der Waals surface area contributed by atoms with E-state index in [2.05, 4.69) is 0 Å². The molecule has 0 radical (unpaired) electrons. The second-order valence-electron chi connectivity index (χ2n) is 3.19. The van der Waals surface area contributed by atoms with E-state index in [1.807, 2.05) is 13.8 Å². The SMILES string of the molecule is CCCOC(O)(CC)OCCCCO. The van der Waals surface area contributed by atoms with Gasteiger partial charge < -0.3 is 19.7 Å². The molecule has 86 valence electrons. The minimum Gasteiger partial charge on any atom is -0.396 e. The third kappa shape index (κ3) is 6.32. The van der Waals surface area contributed by atoms with Crippen LogP contribution in [0.5, 0.6) is 0 Å². The highest BCUT2D eigenvalue weighted by atomic mass is 16.8. The van der Waals surface area contributed by atoms with Crippen molar-refractivity contribution in [3.8, 4) is 0 Å². The minimum atomic E-state index is -1.44. The average Bonchev–Trinajstić information content (AvgIpc) is 2.22. The van der Waals surface area contributed by atoms with Gasteiger partial charge in [-0.2, -0.15) is 0 Å². The molecule has 4 heteroatoms. The Bertz CT molecular complexity index is 129. The molecule has 0 heterocycles. The summed E-state index contributed by atoms with van der Waals surface area (Å²) in [5.74, 6) is -1.44.